The van der Waals surface area contributed by atoms with Crippen molar-refractivity contribution in [2.24, 2.45) is 4.99 Å². The van der Waals surface area contributed by atoms with Crippen molar-refractivity contribution in [3.05, 3.63) is 71.8 Å². The number of benzene rings is 2. The molecule has 0 aliphatic carbocycles. The summed E-state index contributed by atoms with van der Waals surface area (Å²) in [6.07, 6.45) is 3.23. The van der Waals surface area contributed by atoms with Gasteiger partial charge >= 0.3 is 0 Å². The second-order valence-electron chi connectivity index (χ2n) is 6.54. The molecule has 0 amide bonds. The number of aliphatic imine (C=N–C) groups is 1. The van der Waals surface area contributed by atoms with Crippen LogP contribution in [0.4, 0.5) is 0 Å². The lowest BCUT2D eigenvalue weighted by Gasteiger charge is -2.29. The first-order valence-corrected chi connectivity index (χ1v) is 10.7. The van der Waals surface area contributed by atoms with Gasteiger partial charge in [0.05, 0.1) is 4.90 Å². The van der Waals surface area contributed by atoms with E-state index in [9.17, 15) is 8.42 Å². The van der Waals surface area contributed by atoms with E-state index in [0.29, 0.717) is 6.54 Å². The van der Waals surface area contributed by atoms with Gasteiger partial charge in [-0.3, -0.25) is 4.99 Å². The smallest absolute Gasteiger partial charge is 0.240 e. The monoisotopic (exact) mass is 526 g/mol. The Bertz CT molecular complexity index is 958. The fourth-order valence-electron chi connectivity index (χ4n) is 3.19. The number of rotatable bonds is 5. The van der Waals surface area contributed by atoms with E-state index in [0.717, 1.165) is 31.0 Å². The van der Waals surface area contributed by atoms with Crippen LogP contribution in [0.15, 0.2) is 70.6 Å². The zero-order chi connectivity index (χ0) is 20.0. The molecule has 29 heavy (non-hydrogen) atoms. The van der Waals surface area contributed by atoms with Crippen molar-refractivity contribution in [2.45, 2.75) is 17.9 Å². The molecule has 0 saturated heterocycles. The second-order valence-corrected chi connectivity index (χ2v) is 8.43. The maximum Gasteiger partial charge on any atom is 0.240 e. The number of nitrogens with zero attached hydrogens (tertiary/aromatic N) is 2. The topological polar surface area (TPSA) is 73.8 Å². The number of hydrogen-bond acceptors (Lipinski definition) is 3. The fourth-order valence-corrected chi connectivity index (χ4v) is 3.92. The van der Waals surface area contributed by atoms with Crippen molar-refractivity contribution in [1.82, 2.24) is 14.9 Å². The lowest BCUT2D eigenvalue weighted by atomic mass is 10.00. The van der Waals surface area contributed by atoms with E-state index in [2.05, 4.69) is 50.3 Å². The quantitative estimate of drug-likeness (QED) is 0.357. The molecule has 2 aromatic carbocycles. The fraction of sp³-hybridized carbons (Fsp3) is 0.286. The van der Waals surface area contributed by atoms with E-state index >= 15 is 0 Å². The Labute approximate surface area is 190 Å². The maximum absolute atomic E-state index is 11.8. The van der Waals surface area contributed by atoms with E-state index < -0.39 is 10.0 Å². The normalized spacial score (nSPS) is 14.8. The van der Waals surface area contributed by atoms with Gasteiger partial charge in [0.1, 0.15) is 0 Å². The summed E-state index contributed by atoms with van der Waals surface area (Å²) >= 11 is 0. The maximum atomic E-state index is 11.8. The van der Waals surface area contributed by atoms with Crippen LogP contribution in [0.5, 0.6) is 0 Å². The van der Waals surface area contributed by atoms with Crippen molar-refractivity contribution in [3.8, 4) is 0 Å². The van der Waals surface area contributed by atoms with Gasteiger partial charge in [0.15, 0.2) is 5.96 Å². The van der Waals surface area contributed by atoms with Crippen LogP contribution in [-0.4, -0.2) is 46.5 Å². The molecule has 0 radical (unpaired) electrons. The molecule has 6 nitrogen and oxygen atoms in total. The van der Waals surface area contributed by atoms with Crippen LogP contribution < -0.4 is 10.0 Å². The molecular weight excluding hydrogens is 499 g/mol. The van der Waals surface area contributed by atoms with Gasteiger partial charge in [-0.05, 0) is 42.3 Å². The third-order valence-corrected chi connectivity index (χ3v) is 6.25. The zero-order valence-electron chi connectivity index (χ0n) is 16.6. The van der Waals surface area contributed by atoms with Crippen LogP contribution >= 0.6 is 24.0 Å². The molecule has 0 atom stereocenters. The molecule has 0 unspecified atom stereocenters. The lowest BCUT2D eigenvalue weighted by molar-refractivity contribution is 0.440. The van der Waals surface area contributed by atoms with Gasteiger partial charge in [0, 0.05) is 26.7 Å². The molecule has 0 bridgehead atoms. The van der Waals surface area contributed by atoms with Gasteiger partial charge in [0.2, 0.25) is 10.0 Å². The molecule has 8 heteroatoms. The highest BCUT2D eigenvalue weighted by Gasteiger charge is 2.16. The summed E-state index contributed by atoms with van der Waals surface area (Å²) in [5.74, 6) is 0.843. The number of guanidine groups is 1. The van der Waals surface area contributed by atoms with Gasteiger partial charge in [0.25, 0.3) is 0 Å². The standard InChI is InChI=1S/C21H26N4O2S.HI/c1-22-21(24-16-17-8-10-20(11-9-17)28(26,27)23-2)25-14-12-19(13-15-25)18-6-4-3-5-7-18;/h3-12,23H,13-16H2,1-2H3,(H,22,24);1H. The SMILES string of the molecule is CN=C(NCc1ccc(S(=O)(=O)NC)cc1)N1CC=C(c2ccccc2)CC1.I. The summed E-state index contributed by atoms with van der Waals surface area (Å²) < 4.78 is 25.9. The van der Waals surface area contributed by atoms with Crippen molar-refractivity contribution in [1.29, 1.82) is 0 Å². The first-order chi connectivity index (χ1) is 13.5. The molecule has 3 rings (SSSR count). The molecule has 0 spiro atoms. The summed E-state index contributed by atoms with van der Waals surface area (Å²) in [4.78, 5) is 6.87. The van der Waals surface area contributed by atoms with Crippen LogP contribution in [0, 0.1) is 0 Å². The lowest BCUT2D eigenvalue weighted by Crippen LogP contribution is -2.43. The number of sulfonamides is 1. The minimum Gasteiger partial charge on any atom is -0.352 e. The predicted octanol–water partition coefficient (Wildman–Crippen LogP) is 3.08. The molecule has 2 aromatic rings. The van der Waals surface area contributed by atoms with Crippen molar-refractivity contribution >= 4 is 45.5 Å². The van der Waals surface area contributed by atoms with Gasteiger partial charge in [-0.2, -0.15) is 0 Å². The predicted molar refractivity (Wildman–Crippen MR) is 129 cm³/mol. The summed E-state index contributed by atoms with van der Waals surface area (Å²) in [7, 11) is -0.218. The Morgan fingerprint density at radius 1 is 1.10 bits per heavy atom. The van der Waals surface area contributed by atoms with Gasteiger partial charge in [-0.15, -0.1) is 24.0 Å². The molecule has 0 saturated carbocycles. The van der Waals surface area contributed by atoms with Gasteiger partial charge in [-0.1, -0.05) is 48.5 Å². The molecule has 2 N–H and O–H groups in total. The summed E-state index contributed by atoms with van der Waals surface area (Å²) in [5.41, 5.74) is 3.64. The van der Waals surface area contributed by atoms with Gasteiger partial charge in [-0.25, -0.2) is 13.1 Å². The van der Waals surface area contributed by atoms with E-state index in [1.54, 1.807) is 19.2 Å². The number of halogens is 1. The van der Waals surface area contributed by atoms with Crippen LogP contribution in [0.1, 0.15) is 17.5 Å². The molecule has 1 heterocycles. The molecule has 1 aliphatic rings. The van der Waals surface area contributed by atoms with Crippen LogP contribution in [0.2, 0.25) is 0 Å². The van der Waals surface area contributed by atoms with E-state index in [1.807, 2.05) is 18.2 Å². The Kier molecular flexibility index (Phi) is 8.66. The number of nitrogens with one attached hydrogen (secondary N) is 2. The Balaban J connectivity index is 0.00000300. The van der Waals surface area contributed by atoms with Gasteiger partial charge < -0.3 is 10.2 Å². The van der Waals surface area contributed by atoms with E-state index in [-0.39, 0.29) is 28.9 Å². The van der Waals surface area contributed by atoms with Crippen molar-refractivity contribution in [2.75, 3.05) is 27.2 Å². The average Bonchev–Trinajstić information content (AvgIpc) is 2.75. The summed E-state index contributed by atoms with van der Waals surface area (Å²) in [6, 6.07) is 17.3. The van der Waals surface area contributed by atoms with Crippen LogP contribution in [0.25, 0.3) is 5.57 Å². The first-order valence-electron chi connectivity index (χ1n) is 9.26. The summed E-state index contributed by atoms with van der Waals surface area (Å²) in [6.45, 7) is 2.29. The Morgan fingerprint density at radius 3 is 2.34 bits per heavy atom. The highest BCUT2D eigenvalue weighted by Crippen LogP contribution is 2.22. The number of hydrogen-bond donors (Lipinski definition) is 2. The van der Waals surface area contributed by atoms with Crippen LogP contribution in [0.3, 0.4) is 0 Å². The molecule has 1 aliphatic heterocycles. The second kappa shape index (κ2) is 10.7. The Hall–Kier alpha value is -1.91. The van der Waals surface area contributed by atoms with Crippen LogP contribution in [-0.2, 0) is 16.6 Å². The highest BCUT2D eigenvalue weighted by atomic mass is 127. The Morgan fingerprint density at radius 2 is 1.79 bits per heavy atom. The minimum atomic E-state index is -3.41. The molecule has 0 aromatic heterocycles. The molecular formula is C21H27IN4O2S. The van der Waals surface area contributed by atoms with Crippen molar-refractivity contribution < 1.29 is 8.42 Å². The van der Waals surface area contributed by atoms with E-state index in [4.69, 9.17) is 0 Å². The molecule has 0 fully saturated rings. The summed E-state index contributed by atoms with van der Waals surface area (Å²) in [5, 5.41) is 3.36. The zero-order valence-corrected chi connectivity index (χ0v) is 19.8. The van der Waals surface area contributed by atoms with Crippen molar-refractivity contribution in [3.63, 3.8) is 0 Å². The third kappa shape index (κ3) is 6.03. The van der Waals surface area contributed by atoms with E-state index in [1.165, 1.54) is 18.2 Å². The minimum absolute atomic E-state index is 0. The third-order valence-electron chi connectivity index (χ3n) is 4.82. The first kappa shape index (κ1) is 23.4. The largest absolute Gasteiger partial charge is 0.352 e. The molecule has 156 valence electrons. The highest BCUT2D eigenvalue weighted by molar-refractivity contribution is 14.0. The average molecular weight is 526 g/mol.